The Labute approximate surface area is 173 Å². The van der Waals surface area contributed by atoms with Gasteiger partial charge in [-0.15, -0.1) is 0 Å². The number of fused-ring (bicyclic) bond motifs is 1. The number of benzene rings is 2. The second kappa shape index (κ2) is 7.31. The lowest BCUT2D eigenvalue weighted by atomic mass is 10.1. The molecule has 158 valence electrons. The summed E-state index contributed by atoms with van der Waals surface area (Å²) in [7, 11) is 0. The molecule has 31 heavy (non-hydrogen) atoms. The zero-order valence-electron chi connectivity index (χ0n) is 15.8. The monoisotopic (exact) mass is 430 g/mol. The third-order valence-corrected chi connectivity index (χ3v) is 5.07. The number of imidazole rings is 1. The molecule has 1 atom stereocenters. The number of hydrogen-bond donors (Lipinski definition) is 0. The predicted octanol–water partition coefficient (Wildman–Crippen LogP) is 5.03. The van der Waals surface area contributed by atoms with Crippen LogP contribution in [-0.4, -0.2) is 19.7 Å². The second-order valence-corrected chi connectivity index (χ2v) is 7.04. The number of halogens is 4. The lowest BCUT2D eigenvalue weighted by molar-refractivity contribution is -0.137. The van der Waals surface area contributed by atoms with E-state index >= 15 is 0 Å². The first kappa shape index (κ1) is 19.4. The van der Waals surface area contributed by atoms with Crippen LogP contribution >= 0.6 is 0 Å². The van der Waals surface area contributed by atoms with Gasteiger partial charge in [0.05, 0.1) is 30.7 Å². The molecular weight excluding hydrogens is 416 g/mol. The maximum absolute atomic E-state index is 13.2. The van der Waals surface area contributed by atoms with Crippen LogP contribution in [0.4, 0.5) is 17.6 Å². The third-order valence-electron chi connectivity index (χ3n) is 5.07. The van der Waals surface area contributed by atoms with Crippen LogP contribution in [0.15, 0.2) is 59.4 Å². The van der Waals surface area contributed by atoms with Crippen LogP contribution in [0, 0.1) is 5.82 Å². The summed E-state index contributed by atoms with van der Waals surface area (Å²) in [6.07, 6.45) is -3.03. The van der Waals surface area contributed by atoms with Crippen molar-refractivity contribution in [3.63, 3.8) is 0 Å². The zero-order valence-corrected chi connectivity index (χ0v) is 15.8. The molecule has 4 aromatic rings. The van der Waals surface area contributed by atoms with Crippen LogP contribution in [0.2, 0.25) is 0 Å². The fraction of sp³-hybridized carbons (Fsp3) is 0.190. The molecule has 0 amide bonds. The van der Waals surface area contributed by atoms with E-state index in [9.17, 15) is 17.6 Å². The molecule has 0 N–H and O–H groups in total. The molecular formula is C21H14F4N4O2. The lowest BCUT2D eigenvalue weighted by Crippen LogP contribution is -2.20. The van der Waals surface area contributed by atoms with Crippen molar-refractivity contribution in [3.8, 4) is 23.0 Å². The van der Waals surface area contributed by atoms with Crippen molar-refractivity contribution < 1.29 is 26.8 Å². The molecule has 3 heterocycles. The number of hydrogen-bond acceptors (Lipinski definition) is 5. The molecule has 0 spiro atoms. The summed E-state index contributed by atoms with van der Waals surface area (Å²) in [5.74, 6) is -0.00993. The van der Waals surface area contributed by atoms with Gasteiger partial charge in [0.15, 0.2) is 5.69 Å². The SMILES string of the molecule is Fc1ccc([C@H]2Cn3cnc(-c4nc(-c5ccc(C(F)(F)F)cc5)no4)c3CO2)cc1. The van der Waals surface area contributed by atoms with Gasteiger partial charge in [-0.2, -0.15) is 18.2 Å². The van der Waals surface area contributed by atoms with Crippen molar-refractivity contribution in [1.29, 1.82) is 0 Å². The molecule has 0 unspecified atom stereocenters. The van der Waals surface area contributed by atoms with E-state index in [0.717, 1.165) is 23.4 Å². The Morgan fingerprint density at radius 1 is 1.00 bits per heavy atom. The number of alkyl halides is 3. The molecule has 0 saturated heterocycles. The van der Waals surface area contributed by atoms with Gasteiger partial charge in [-0.05, 0) is 29.8 Å². The quantitative estimate of drug-likeness (QED) is 0.427. The molecule has 2 aromatic carbocycles. The Bertz CT molecular complexity index is 1210. The average Bonchev–Trinajstić information content (AvgIpc) is 3.40. The highest BCUT2D eigenvalue weighted by Crippen LogP contribution is 2.33. The Hall–Kier alpha value is -3.53. The standard InChI is InChI=1S/C21H14F4N4O2/c22-15-7-3-12(4-8-15)17-9-29-11-26-18(16(29)10-30-17)20-27-19(28-31-20)13-1-5-14(6-2-13)21(23,24)25/h1-8,11,17H,9-10H2/t17-/m1/s1. The van der Waals surface area contributed by atoms with Crippen LogP contribution < -0.4 is 0 Å². The van der Waals surface area contributed by atoms with E-state index in [-0.39, 0.29) is 30.2 Å². The summed E-state index contributed by atoms with van der Waals surface area (Å²) >= 11 is 0. The van der Waals surface area contributed by atoms with Crippen LogP contribution in [0.1, 0.15) is 22.9 Å². The largest absolute Gasteiger partial charge is 0.416 e. The number of aromatic nitrogens is 4. The van der Waals surface area contributed by atoms with Crippen LogP contribution in [-0.2, 0) is 24.1 Å². The molecule has 5 rings (SSSR count). The van der Waals surface area contributed by atoms with Gasteiger partial charge in [0.2, 0.25) is 5.82 Å². The Morgan fingerprint density at radius 3 is 2.45 bits per heavy atom. The second-order valence-electron chi connectivity index (χ2n) is 7.04. The van der Waals surface area contributed by atoms with E-state index in [1.807, 2.05) is 4.57 Å². The molecule has 0 bridgehead atoms. The molecule has 0 aliphatic carbocycles. The Kier molecular flexibility index (Phi) is 4.58. The summed E-state index contributed by atoms with van der Waals surface area (Å²) < 4.78 is 64.5. The van der Waals surface area contributed by atoms with E-state index in [1.54, 1.807) is 18.5 Å². The minimum Gasteiger partial charge on any atom is -0.365 e. The van der Waals surface area contributed by atoms with E-state index in [0.29, 0.717) is 17.8 Å². The van der Waals surface area contributed by atoms with Gasteiger partial charge < -0.3 is 13.8 Å². The highest BCUT2D eigenvalue weighted by molar-refractivity contribution is 5.59. The minimum atomic E-state index is -4.41. The number of rotatable bonds is 3. The molecule has 1 aliphatic rings. The van der Waals surface area contributed by atoms with Crippen molar-refractivity contribution in [2.75, 3.05) is 0 Å². The van der Waals surface area contributed by atoms with Gasteiger partial charge in [0.25, 0.3) is 5.89 Å². The van der Waals surface area contributed by atoms with Gasteiger partial charge >= 0.3 is 6.18 Å². The van der Waals surface area contributed by atoms with Crippen molar-refractivity contribution in [1.82, 2.24) is 19.7 Å². The highest BCUT2D eigenvalue weighted by atomic mass is 19.4. The summed E-state index contributed by atoms with van der Waals surface area (Å²) in [4.78, 5) is 8.62. The summed E-state index contributed by atoms with van der Waals surface area (Å²) in [5, 5.41) is 3.86. The molecule has 0 saturated carbocycles. The van der Waals surface area contributed by atoms with Crippen LogP contribution in [0.25, 0.3) is 23.0 Å². The van der Waals surface area contributed by atoms with Gasteiger partial charge in [0.1, 0.15) is 11.9 Å². The third kappa shape index (κ3) is 3.70. The first-order valence-electron chi connectivity index (χ1n) is 9.31. The molecule has 1 aliphatic heterocycles. The van der Waals surface area contributed by atoms with Gasteiger partial charge in [-0.1, -0.05) is 29.4 Å². The molecule has 0 fully saturated rings. The van der Waals surface area contributed by atoms with Gasteiger partial charge in [-0.3, -0.25) is 0 Å². The van der Waals surface area contributed by atoms with Crippen molar-refractivity contribution in [2.24, 2.45) is 0 Å². The van der Waals surface area contributed by atoms with Crippen molar-refractivity contribution in [3.05, 3.63) is 77.5 Å². The predicted molar refractivity (Wildman–Crippen MR) is 99.9 cm³/mol. The molecule has 2 aromatic heterocycles. The van der Waals surface area contributed by atoms with Crippen LogP contribution in [0.3, 0.4) is 0 Å². The van der Waals surface area contributed by atoms with Crippen molar-refractivity contribution in [2.45, 2.75) is 25.4 Å². The molecule has 10 heteroatoms. The molecule has 6 nitrogen and oxygen atoms in total. The maximum atomic E-state index is 13.2. The highest BCUT2D eigenvalue weighted by Gasteiger charge is 2.30. The van der Waals surface area contributed by atoms with Crippen LogP contribution in [0.5, 0.6) is 0 Å². The summed E-state index contributed by atoms with van der Waals surface area (Å²) in [6, 6.07) is 10.6. The van der Waals surface area contributed by atoms with E-state index in [4.69, 9.17) is 9.26 Å². The topological polar surface area (TPSA) is 66.0 Å². The zero-order chi connectivity index (χ0) is 21.6. The molecule has 0 radical (unpaired) electrons. The fourth-order valence-corrected chi connectivity index (χ4v) is 3.43. The maximum Gasteiger partial charge on any atom is 0.416 e. The van der Waals surface area contributed by atoms with E-state index in [1.165, 1.54) is 24.3 Å². The first-order chi connectivity index (χ1) is 14.9. The Balaban J connectivity index is 1.37. The lowest BCUT2D eigenvalue weighted by Gasteiger charge is -2.25. The van der Waals surface area contributed by atoms with E-state index in [2.05, 4.69) is 15.1 Å². The number of ether oxygens (including phenoxy) is 1. The number of nitrogens with zero attached hydrogens (tertiary/aromatic N) is 4. The normalized spacial score (nSPS) is 16.3. The Morgan fingerprint density at radius 2 is 1.74 bits per heavy atom. The van der Waals surface area contributed by atoms with Gasteiger partial charge in [0, 0.05) is 5.56 Å². The smallest absolute Gasteiger partial charge is 0.365 e. The van der Waals surface area contributed by atoms with E-state index < -0.39 is 11.7 Å². The van der Waals surface area contributed by atoms with Crippen molar-refractivity contribution >= 4 is 0 Å². The minimum absolute atomic E-state index is 0.146. The average molecular weight is 430 g/mol. The first-order valence-corrected chi connectivity index (χ1v) is 9.31. The summed E-state index contributed by atoms with van der Waals surface area (Å²) in [5.41, 5.74) is 1.67. The summed E-state index contributed by atoms with van der Waals surface area (Å²) in [6.45, 7) is 0.712. The van der Waals surface area contributed by atoms with Gasteiger partial charge in [-0.25, -0.2) is 9.37 Å². The fourth-order valence-electron chi connectivity index (χ4n) is 3.43.